The molecule has 0 aliphatic carbocycles. The summed E-state index contributed by atoms with van der Waals surface area (Å²) in [4.78, 5) is 0. The van der Waals surface area contributed by atoms with Gasteiger partial charge in [0.2, 0.25) is 0 Å². The Hall–Kier alpha value is -2.97. The first-order valence-corrected chi connectivity index (χ1v) is 12.4. The Morgan fingerprint density at radius 3 is 1.73 bits per heavy atom. The van der Waals surface area contributed by atoms with E-state index < -0.39 is 34.0 Å². The Labute approximate surface area is 194 Å². The number of hydrogen-bond donors (Lipinski definition) is 1. The number of rotatable bonds is 8. The van der Waals surface area contributed by atoms with Crippen molar-refractivity contribution < 1.29 is 27.2 Å². The number of aliphatic hydroxyl groups is 1. The van der Waals surface area contributed by atoms with Crippen LogP contribution in [0.2, 0.25) is 0 Å². The zero-order chi connectivity index (χ0) is 23.3. The topological polar surface area (TPSA) is 82.1 Å². The Balaban J connectivity index is 1.78. The molecule has 6 nitrogen and oxygen atoms in total. The monoisotopic (exact) mass is 466 g/mol. The Morgan fingerprint density at radius 1 is 0.848 bits per heavy atom. The minimum atomic E-state index is -3.83. The minimum Gasteiger partial charge on any atom is -0.493 e. The second kappa shape index (κ2) is 9.89. The van der Waals surface area contributed by atoms with Crippen LogP contribution in [0.4, 0.5) is 0 Å². The maximum absolute atomic E-state index is 11.8. The van der Waals surface area contributed by atoms with Crippen LogP contribution in [0, 0.1) is 0 Å². The van der Waals surface area contributed by atoms with E-state index in [2.05, 4.69) is 0 Å². The van der Waals surface area contributed by atoms with Gasteiger partial charge in [-0.1, -0.05) is 91.0 Å². The van der Waals surface area contributed by atoms with Gasteiger partial charge >= 0.3 is 0 Å². The van der Waals surface area contributed by atoms with Gasteiger partial charge in [-0.3, -0.25) is 4.18 Å². The average molecular weight is 467 g/mol. The summed E-state index contributed by atoms with van der Waals surface area (Å²) in [5, 5.41) is 10.4. The molecule has 33 heavy (non-hydrogen) atoms. The van der Waals surface area contributed by atoms with Gasteiger partial charge in [0.1, 0.15) is 17.8 Å². The minimum absolute atomic E-state index is 0.0414. The van der Waals surface area contributed by atoms with Gasteiger partial charge in [0.05, 0.1) is 19.1 Å². The number of hydrogen-bond acceptors (Lipinski definition) is 6. The van der Waals surface area contributed by atoms with Gasteiger partial charge in [-0.05, 0) is 22.8 Å². The molecular weight excluding hydrogens is 440 g/mol. The van der Waals surface area contributed by atoms with Crippen molar-refractivity contribution in [3.63, 3.8) is 0 Å². The number of aliphatic hydroxyl groups excluding tert-OH is 1. The van der Waals surface area contributed by atoms with E-state index in [4.69, 9.17) is 13.7 Å². The lowest BCUT2D eigenvalue weighted by Gasteiger charge is -2.38. The molecule has 7 heteroatoms. The van der Waals surface area contributed by atoms with Gasteiger partial charge in [0.25, 0.3) is 10.1 Å². The van der Waals surface area contributed by atoms with Crippen LogP contribution in [0.1, 0.15) is 16.7 Å². The van der Waals surface area contributed by atoms with E-state index in [1.807, 2.05) is 91.0 Å². The molecule has 3 atom stereocenters. The summed E-state index contributed by atoms with van der Waals surface area (Å²) < 4.78 is 41.1. The van der Waals surface area contributed by atoms with E-state index in [9.17, 15) is 13.5 Å². The lowest BCUT2D eigenvalue weighted by Crippen LogP contribution is -2.47. The maximum Gasteiger partial charge on any atom is 0.264 e. The van der Waals surface area contributed by atoms with Crippen molar-refractivity contribution in [2.24, 2.45) is 0 Å². The normalized spacial score (nSPS) is 20.8. The van der Waals surface area contributed by atoms with Crippen molar-refractivity contribution in [1.82, 2.24) is 0 Å². The zero-order valence-corrected chi connectivity index (χ0v) is 19.0. The Bertz CT molecular complexity index is 1070. The zero-order valence-electron chi connectivity index (χ0n) is 18.2. The first kappa shape index (κ1) is 23.2. The maximum atomic E-state index is 11.8. The third kappa shape index (κ3) is 5.17. The van der Waals surface area contributed by atoms with Crippen molar-refractivity contribution in [2.75, 3.05) is 12.9 Å². The molecule has 0 spiro atoms. The van der Waals surface area contributed by atoms with Crippen molar-refractivity contribution in [3.8, 4) is 0 Å². The number of ether oxygens (including phenoxy) is 2. The fourth-order valence-corrected chi connectivity index (χ4v) is 4.71. The second-order valence-electron chi connectivity index (χ2n) is 7.85. The van der Waals surface area contributed by atoms with Crippen molar-refractivity contribution in [3.05, 3.63) is 120 Å². The molecule has 1 N–H and O–H groups in total. The fraction of sp³-hybridized carbons (Fsp3) is 0.231. The molecule has 0 aromatic heterocycles. The highest BCUT2D eigenvalue weighted by atomic mass is 32.2. The lowest BCUT2D eigenvalue weighted by atomic mass is 9.80. The SMILES string of the molecule is CS(=O)(=O)O[C@H]1[C@H](O)C=CO[C@@H]1COC(c1ccccc1)(c1ccccc1)c1ccccc1. The van der Waals surface area contributed by atoms with Crippen molar-refractivity contribution in [2.45, 2.75) is 23.9 Å². The summed E-state index contributed by atoms with van der Waals surface area (Å²) in [5.41, 5.74) is 1.69. The smallest absolute Gasteiger partial charge is 0.264 e. The molecule has 0 bridgehead atoms. The molecule has 0 radical (unpaired) electrons. The summed E-state index contributed by atoms with van der Waals surface area (Å²) in [5.74, 6) is 0. The molecule has 0 amide bonds. The summed E-state index contributed by atoms with van der Waals surface area (Å²) >= 11 is 0. The molecule has 4 rings (SSSR count). The van der Waals surface area contributed by atoms with Crippen molar-refractivity contribution in [1.29, 1.82) is 0 Å². The highest BCUT2D eigenvalue weighted by Gasteiger charge is 2.41. The van der Waals surface area contributed by atoms with Crippen LogP contribution in [0.15, 0.2) is 103 Å². The molecular formula is C26H26O6S. The molecule has 3 aromatic rings. The van der Waals surface area contributed by atoms with Crippen molar-refractivity contribution >= 4 is 10.1 Å². The van der Waals surface area contributed by atoms with Crippen LogP contribution >= 0.6 is 0 Å². The molecule has 0 fully saturated rings. The van der Waals surface area contributed by atoms with Crippen LogP contribution in [0.25, 0.3) is 0 Å². The summed E-state index contributed by atoms with van der Waals surface area (Å²) in [7, 11) is -3.83. The second-order valence-corrected chi connectivity index (χ2v) is 9.45. The average Bonchev–Trinajstić information content (AvgIpc) is 2.83. The first-order chi connectivity index (χ1) is 15.9. The third-order valence-electron chi connectivity index (χ3n) is 5.52. The quantitative estimate of drug-likeness (QED) is 0.403. The highest BCUT2D eigenvalue weighted by Crippen LogP contribution is 2.41. The van der Waals surface area contributed by atoms with Gasteiger partial charge in [-0.2, -0.15) is 8.42 Å². The van der Waals surface area contributed by atoms with E-state index in [0.717, 1.165) is 22.9 Å². The van der Waals surface area contributed by atoms with Gasteiger partial charge < -0.3 is 14.6 Å². The molecule has 1 heterocycles. The standard InChI is InChI=1S/C26H26O6S/c1-33(28,29)32-25-23(27)17-18-30-24(25)19-31-26(20-11-5-2-6-12-20,21-13-7-3-8-14-21)22-15-9-4-10-16-22/h2-18,23-25,27H,19H2,1H3/t23-,24-,25+/m1/s1. The van der Waals surface area contributed by atoms with Crippen LogP contribution < -0.4 is 0 Å². The van der Waals surface area contributed by atoms with Crippen LogP contribution in [0.5, 0.6) is 0 Å². The predicted octanol–water partition coefficient (Wildman–Crippen LogP) is 3.61. The van der Waals surface area contributed by atoms with E-state index in [0.29, 0.717) is 0 Å². The fourth-order valence-electron chi connectivity index (χ4n) is 4.06. The predicted molar refractivity (Wildman–Crippen MR) is 125 cm³/mol. The Kier molecular flexibility index (Phi) is 6.95. The van der Waals surface area contributed by atoms with E-state index in [-0.39, 0.29) is 6.61 Å². The van der Waals surface area contributed by atoms with Gasteiger partial charge in [-0.25, -0.2) is 0 Å². The van der Waals surface area contributed by atoms with Crippen LogP contribution in [-0.2, 0) is 29.4 Å². The molecule has 3 aromatic carbocycles. The first-order valence-electron chi connectivity index (χ1n) is 10.6. The molecule has 0 unspecified atom stereocenters. The van der Waals surface area contributed by atoms with Gasteiger partial charge in [0, 0.05) is 0 Å². The van der Waals surface area contributed by atoms with E-state index >= 15 is 0 Å². The lowest BCUT2D eigenvalue weighted by molar-refractivity contribution is -0.105. The van der Waals surface area contributed by atoms with Gasteiger partial charge in [0.15, 0.2) is 6.10 Å². The summed E-state index contributed by atoms with van der Waals surface area (Å²) in [6.07, 6.45) is 0.501. The molecule has 0 saturated carbocycles. The van der Waals surface area contributed by atoms with Crippen LogP contribution in [0.3, 0.4) is 0 Å². The highest BCUT2D eigenvalue weighted by molar-refractivity contribution is 7.86. The largest absolute Gasteiger partial charge is 0.493 e. The van der Waals surface area contributed by atoms with E-state index in [1.54, 1.807) is 0 Å². The third-order valence-corrected chi connectivity index (χ3v) is 6.09. The van der Waals surface area contributed by atoms with Gasteiger partial charge in [-0.15, -0.1) is 0 Å². The van der Waals surface area contributed by atoms with E-state index in [1.165, 1.54) is 12.3 Å². The summed E-state index contributed by atoms with van der Waals surface area (Å²) in [6.45, 7) is -0.0414. The Morgan fingerprint density at radius 2 is 1.30 bits per heavy atom. The molecule has 1 aliphatic rings. The molecule has 1 aliphatic heterocycles. The number of benzene rings is 3. The molecule has 172 valence electrons. The molecule has 0 saturated heterocycles. The van der Waals surface area contributed by atoms with Crippen LogP contribution in [-0.4, -0.2) is 44.7 Å². The summed E-state index contributed by atoms with van der Waals surface area (Å²) in [6, 6.07) is 29.4.